The number of hydrogen-bond donors (Lipinski definition) is 1. The lowest BCUT2D eigenvalue weighted by Gasteiger charge is -2.09. The Morgan fingerprint density at radius 2 is 2.10 bits per heavy atom. The molecule has 0 radical (unpaired) electrons. The van der Waals surface area contributed by atoms with E-state index in [1.807, 2.05) is 25.1 Å². The summed E-state index contributed by atoms with van der Waals surface area (Å²) in [6.45, 7) is 1.92. The zero-order valence-electron chi connectivity index (χ0n) is 10.4. The maximum absolute atomic E-state index is 13.8. The van der Waals surface area contributed by atoms with Gasteiger partial charge in [-0.05, 0) is 64.9 Å². The average Bonchev–Trinajstić information content (AvgIpc) is 2.72. The van der Waals surface area contributed by atoms with Gasteiger partial charge in [-0.15, -0.1) is 0 Å². The summed E-state index contributed by atoms with van der Waals surface area (Å²) in [5, 5.41) is 0.635. The van der Waals surface area contributed by atoms with Crippen molar-refractivity contribution in [2.75, 3.05) is 0 Å². The topological polar surface area (TPSA) is 20.7 Å². The number of H-pyrrole nitrogens is 1. The van der Waals surface area contributed by atoms with Crippen molar-refractivity contribution in [3.8, 4) is 5.69 Å². The third-order valence-corrected chi connectivity index (χ3v) is 4.46. The molecule has 6 heteroatoms. The van der Waals surface area contributed by atoms with Crippen LogP contribution in [0.25, 0.3) is 16.7 Å². The van der Waals surface area contributed by atoms with E-state index in [9.17, 15) is 4.39 Å². The fraction of sp³-hybridized carbons (Fsp3) is 0.0714. The van der Waals surface area contributed by atoms with Crippen molar-refractivity contribution in [1.29, 1.82) is 0 Å². The van der Waals surface area contributed by atoms with E-state index in [4.69, 9.17) is 23.8 Å². The zero-order valence-corrected chi connectivity index (χ0v) is 13.5. The second-order valence-corrected chi connectivity index (χ2v) is 6.10. The van der Waals surface area contributed by atoms with E-state index in [1.54, 1.807) is 10.6 Å². The van der Waals surface area contributed by atoms with Gasteiger partial charge < -0.3 is 4.98 Å². The average molecular weight is 372 g/mol. The summed E-state index contributed by atoms with van der Waals surface area (Å²) in [5.74, 6) is -0.332. The molecule has 1 N–H and O–H groups in total. The van der Waals surface area contributed by atoms with E-state index in [1.165, 1.54) is 6.07 Å². The van der Waals surface area contributed by atoms with Crippen molar-refractivity contribution >= 4 is 50.8 Å². The van der Waals surface area contributed by atoms with E-state index in [0.29, 0.717) is 20.8 Å². The van der Waals surface area contributed by atoms with Gasteiger partial charge in [-0.1, -0.05) is 17.7 Å². The second kappa shape index (κ2) is 4.98. The molecule has 0 saturated carbocycles. The number of benzene rings is 2. The van der Waals surface area contributed by atoms with Crippen molar-refractivity contribution < 1.29 is 4.39 Å². The number of aryl methyl sites for hydroxylation is 1. The van der Waals surface area contributed by atoms with Gasteiger partial charge in [0.25, 0.3) is 0 Å². The van der Waals surface area contributed by atoms with E-state index >= 15 is 0 Å². The highest BCUT2D eigenvalue weighted by atomic mass is 79.9. The molecule has 0 atom stereocenters. The normalized spacial score (nSPS) is 11.2. The summed E-state index contributed by atoms with van der Waals surface area (Å²) in [6.07, 6.45) is 0. The zero-order chi connectivity index (χ0) is 14.4. The van der Waals surface area contributed by atoms with E-state index in [0.717, 1.165) is 15.7 Å². The van der Waals surface area contributed by atoms with E-state index < -0.39 is 0 Å². The highest BCUT2D eigenvalue weighted by Crippen LogP contribution is 2.31. The number of fused-ring (bicyclic) bond motifs is 1. The van der Waals surface area contributed by atoms with Gasteiger partial charge in [-0.3, -0.25) is 4.57 Å². The third kappa shape index (κ3) is 2.10. The van der Waals surface area contributed by atoms with Crippen LogP contribution in [-0.2, 0) is 0 Å². The van der Waals surface area contributed by atoms with Crippen LogP contribution >= 0.6 is 39.7 Å². The molecule has 0 saturated heterocycles. The van der Waals surface area contributed by atoms with Crippen LogP contribution < -0.4 is 0 Å². The van der Waals surface area contributed by atoms with Crippen LogP contribution in [0.5, 0.6) is 0 Å². The molecule has 0 unspecified atom stereocenters. The summed E-state index contributed by atoms with van der Waals surface area (Å²) in [4.78, 5) is 2.89. The maximum atomic E-state index is 13.8. The molecule has 0 bridgehead atoms. The Labute approximate surface area is 133 Å². The van der Waals surface area contributed by atoms with Crippen molar-refractivity contribution in [3.63, 3.8) is 0 Å². The molecule has 3 rings (SSSR count). The lowest BCUT2D eigenvalue weighted by Crippen LogP contribution is -1.96. The van der Waals surface area contributed by atoms with Crippen LogP contribution in [0.1, 0.15) is 5.56 Å². The van der Waals surface area contributed by atoms with Crippen molar-refractivity contribution in [1.82, 2.24) is 9.55 Å². The molecule has 1 heterocycles. The minimum atomic E-state index is -0.332. The second-order valence-electron chi connectivity index (χ2n) is 4.45. The van der Waals surface area contributed by atoms with Crippen LogP contribution in [0.15, 0.2) is 34.8 Å². The quantitative estimate of drug-likeness (QED) is 0.556. The van der Waals surface area contributed by atoms with Gasteiger partial charge >= 0.3 is 0 Å². The van der Waals surface area contributed by atoms with E-state index in [2.05, 4.69) is 20.9 Å². The molecule has 2 nitrogen and oxygen atoms in total. The monoisotopic (exact) mass is 370 g/mol. The van der Waals surface area contributed by atoms with Gasteiger partial charge in [0.15, 0.2) is 4.77 Å². The SMILES string of the molecule is Cc1cc(Br)c(-n2c(=S)[nH]c3c(F)cccc32)cc1Cl. The van der Waals surface area contributed by atoms with Crippen LogP contribution in [0.4, 0.5) is 4.39 Å². The van der Waals surface area contributed by atoms with Crippen molar-refractivity contribution in [2.24, 2.45) is 0 Å². The first-order valence-electron chi connectivity index (χ1n) is 5.84. The molecule has 102 valence electrons. The Balaban J connectivity index is 2.41. The molecule has 2 aromatic carbocycles. The van der Waals surface area contributed by atoms with Crippen LogP contribution in [0.3, 0.4) is 0 Å². The smallest absolute Gasteiger partial charge is 0.182 e. The summed E-state index contributed by atoms with van der Waals surface area (Å²) < 4.78 is 16.8. The predicted molar refractivity (Wildman–Crippen MR) is 85.9 cm³/mol. The molecule has 1 aromatic heterocycles. The first kappa shape index (κ1) is 13.8. The maximum Gasteiger partial charge on any atom is 0.182 e. The fourth-order valence-corrected chi connectivity index (χ4v) is 3.23. The highest BCUT2D eigenvalue weighted by Gasteiger charge is 2.13. The lowest BCUT2D eigenvalue weighted by atomic mass is 10.2. The number of rotatable bonds is 1. The number of aromatic nitrogens is 2. The Morgan fingerprint density at radius 3 is 2.85 bits per heavy atom. The predicted octanol–water partition coefficient (Wildman–Crippen LogP) is 5.55. The minimum absolute atomic E-state index is 0.332. The summed E-state index contributed by atoms with van der Waals surface area (Å²) in [7, 11) is 0. The van der Waals surface area contributed by atoms with Gasteiger partial charge in [-0.2, -0.15) is 0 Å². The van der Waals surface area contributed by atoms with Gasteiger partial charge in [0, 0.05) is 9.50 Å². The molecule has 0 aliphatic heterocycles. The number of nitrogens with zero attached hydrogens (tertiary/aromatic N) is 1. The lowest BCUT2D eigenvalue weighted by molar-refractivity contribution is 0.637. The van der Waals surface area contributed by atoms with Crippen LogP contribution in [-0.4, -0.2) is 9.55 Å². The Morgan fingerprint density at radius 1 is 1.35 bits per heavy atom. The number of nitrogens with one attached hydrogen (secondary N) is 1. The summed E-state index contributed by atoms with van der Waals surface area (Å²) >= 11 is 15.0. The molecule has 0 aliphatic carbocycles. The molecule has 0 amide bonds. The number of aromatic amines is 1. The summed E-state index contributed by atoms with van der Waals surface area (Å²) in [6, 6.07) is 8.59. The number of imidazole rings is 1. The molecule has 3 aromatic rings. The molecule has 20 heavy (non-hydrogen) atoms. The number of hydrogen-bond acceptors (Lipinski definition) is 1. The largest absolute Gasteiger partial charge is 0.328 e. The Hall–Kier alpha value is -1.17. The highest BCUT2D eigenvalue weighted by molar-refractivity contribution is 9.10. The minimum Gasteiger partial charge on any atom is -0.328 e. The Kier molecular flexibility index (Phi) is 3.44. The molecule has 0 spiro atoms. The van der Waals surface area contributed by atoms with Gasteiger partial charge in [0.1, 0.15) is 11.3 Å². The van der Waals surface area contributed by atoms with Gasteiger partial charge in [0.05, 0.1) is 11.2 Å². The summed E-state index contributed by atoms with van der Waals surface area (Å²) in [5.41, 5.74) is 2.80. The van der Waals surface area contributed by atoms with Crippen molar-refractivity contribution in [3.05, 3.63) is 56.0 Å². The molecular formula is C14H9BrClFN2S. The first-order valence-corrected chi connectivity index (χ1v) is 7.42. The Bertz CT molecular complexity index is 885. The van der Waals surface area contributed by atoms with Crippen molar-refractivity contribution in [2.45, 2.75) is 6.92 Å². The molecule has 0 aliphatic rings. The first-order chi connectivity index (χ1) is 9.49. The van der Waals surface area contributed by atoms with Crippen LogP contribution in [0.2, 0.25) is 5.02 Å². The van der Waals surface area contributed by atoms with Crippen LogP contribution in [0, 0.1) is 17.5 Å². The fourth-order valence-electron chi connectivity index (χ4n) is 2.14. The number of halogens is 3. The van der Waals surface area contributed by atoms with Gasteiger partial charge in [0.2, 0.25) is 0 Å². The molecule has 0 fully saturated rings. The standard InChI is InChI=1S/C14H9BrClFN2S/c1-7-5-8(15)12(6-9(7)16)19-11-4-2-3-10(17)13(11)18-14(19)20/h2-6H,1H3,(H,18,20). The van der Waals surface area contributed by atoms with E-state index in [-0.39, 0.29) is 5.82 Å². The molecular weight excluding hydrogens is 363 g/mol. The number of para-hydroxylation sites is 1. The van der Waals surface area contributed by atoms with Gasteiger partial charge in [-0.25, -0.2) is 4.39 Å². The third-order valence-electron chi connectivity index (χ3n) is 3.14.